The summed E-state index contributed by atoms with van der Waals surface area (Å²) in [5.41, 5.74) is -0.516. The molecule has 0 bridgehead atoms. The van der Waals surface area contributed by atoms with Gasteiger partial charge in [0.1, 0.15) is 0 Å². The van der Waals surface area contributed by atoms with Crippen LogP contribution in [0.3, 0.4) is 0 Å². The molecule has 0 N–H and O–H groups in total. The van der Waals surface area contributed by atoms with Crippen molar-refractivity contribution >= 4 is 15.9 Å². The van der Waals surface area contributed by atoms with E-state index in [2.05, 4.69) is 0 Å². The Labute approximate surface area is 91.1 Å². The quantitative estimate of drug-likeness (QED) is 0.636. The standard InChI is InChI=1S/C9H18N2O3S/c1-8(12)10-5-6-11(15(4,13)14)9(2,3)7-10/h5-7H2,1-4H3. The summed E-state index contributed by atoms with van der Waals surface area (Å²) in [4.78, 5) is 12.9. The molecule has 1 aliphatic rings. The molecule has 88 valence electrons. The fourth-order valence-electron chi connectivity index (χ4n) is 2.02. The second-order valence-corrected chi connectivity index (χ2v) is 6.49. The van der Waals surface area contributed by atoms with Crippen LogP contribution in [-0.2, 0) is 14.8 Å². The van der Waals surface area contributed by atoms with E-state index in [4.69, 9.17) is 0 Å². The maximum Gasteiger partial charge on any atom is 0.219 e. The van der Waals surface area contributed by atoms with Gasteiger partial charge in [-0.25, -0.2) is 8.42 Å². The average Bonchev–Trinajstić information content (AvgIpc) is 1.99. The van der Waals surface area contributed by atoms with E-state index in [0.29, 0.717) is 19.6 Å². The second kappa shape index (κ2) is 3.75. The van der Waals surface area contributed by atoms with Crippen molar-refractivity contribution in [3.63, 3.8) is 0 Å². The van der Waals surface area contributed by atoms with Crippen LogP contribution in [0.2, 0.25) is 0 Å². The third-order valence-corrected chi connectivity index (χ3v) is 4.15. The maximum atomic E-state index is 11.5. The summed E-state index contributed by atoms with van der Waals surface area (Å²) in [6.07, 6.45) is 1.21. The Morgan fingerprint density at radius 2 is 1.80 bits per heavy atom. The molecule has 0 aromatic rings. The molecule has 1 amide bonds. The topological polar surface area (TPSA) is 57.7 Å². The average molecular weight is 234 g/mol. The summed E-state index contributed by atoms with van der Waals surface area (Å²) >= 11 is 0. The van der Waals surface area contributed by atoms with E-state index >= 15 is 0 Å². The molecular formula is C9H18N2O3S. The van der Waals surface area contributed by atoms with Gasteiger partial charge in [-0.15, -0.1) is 0 Å². The highest BCUT2D eigenvalue weighted by molar-refractivity contribution is 7.88. The molecule has 0 atom stereocenters. The first kappa shape index (κ1) is 12.4. The maximum absolute atomic E-state index is 11.5. The Bertz CT molecular complexity index is 362. The molecule has 0 aromatic heterocycles. The third kappa shape index (κ3) is 2.69. The van der Waals surface area contributed by atoms with Crippen molar-refractivity contribution in [1.82, 2.24) is 9.21 Å². The summed E-state index contributed by atoms with van der Waals surface area (Å²) in [7, 11) is -3.19. The third-order valence-electron chi connectivity index (χ3n) is 2.67. The van der Waals surface area contributed by atoms with Crippen molar-refractivity contribution in [3.05, 3.63) is 0 Å². The zero-order valence-electron chi connectivity index (χ0n) is 9.65. The predicted octanol–water partition coefficient (Wildman–Crippen LogP) is -0.111. The van der Waals surface area contributed by atoms with E-state index in [1.54, 1.807) is 4.90 Å². The largest absolute Gasteiger partial charge is 0.340 e. The number of hydrogen-bond acceptors (Lipinski definition) is 3. The van der Waals surface area contributed by atoms with Gasteiger partial charge in [0, 0.05) is 32.1 Å². The Morgan fingerprint density at radius 3 is 2.13 bits per heavy atom. The molecule has 1 aliphatic heterocycles. The van der Waals surface area contributed by atoms with Gasteiger partial charge < -0.3 is 4.90 Å². The van der Waals surface area contributed by atoms with Gasteiger partial charge in [-0.05, 0) is 13.8 Å². The highest BCUT2D eigenvalue weighted by atomic mass is 32.2. The highest BCUT2D eigenvalue weighted by Crippen LogP contribution is 2.23. The van der Waals surface area contributed by atoms with Crippen molar-refractivity contribution in [3.8, 4) is 0 Å². The van der Waals surface area contributed by atoms with Crippen LogP contribution in [0.25, 0.3) is 0 Å². The second-order valence-electron chi connectivity index (χ2n) is 4.59. The first-order valence-corrected chi connectivity index (χ1v) is 6.73. The molecule has 15 heavy (non-hydrogen) atoms. The highest BCUT2D eigenvalue weighted by Gasteiger charge is 2.39. The van der Waals surface area contributed by atoms with E-state index in [9.17, 15) is 13.2 Å². The number of piperazine rings is 1. The monoisotopic (exact) mass is 234 g/mol. The van der Waals surface area contributed by atoms with Crippen molar-refractivity contribution in [1.29, 1.82) is 0 Å². The molecule has 0 saturated carbocycles. The fourth-order valence-corrected chi connectivity index (χ4v) is 3.39. The van der Waals surface area contributed by atoms with E-state index in [-0.39, 0.29) is 5.91 Å². The molecule has 0 aromatic carbocycles. The first-order valence-electron chi connectivity index (χ1n) is 4.88. The van der Waals surface area contributed by atoms with Crippen LogP contribution < -0.4 is 0 Å². The molecule has 1 saturated heterocycles. The minimum absolute atomic E-state index is 0.00349. The molecule has 6 heteroatoms. The van der Waals surface area contributed by atoms with Gasteiger partial charge in [-0.1, -0.05) is 0 Å². The molecule has 1 rings (SSSR count). The predicted molar refractivity (Wildman–Crippen MR) is 57.9 cm³/mol. The zero-order chi connectivity index (χ0) is 11.9. The van der Waals surface area contributed by atoms with Crippen molar-refractivity contribution in [2.45, 2.75) is 26.3 Å². The van der Waals surface area contributed by atoms with Crippen LogP contribution in [0.5, 0.6) is 0 Å². The van der Waals surface area contributed by atoms with E-state index in [1.165, 1.54) is 17.5 Å². The molecule has 0 spiro atoms. The Morgan fingerprint density at radius 1 is 1.27 bits per heavy atom. The Balaban J connectivity index is 2.89. The summed E-state index contributed by atoms with van der Waals surface area (Å²) in [5, 5.41) is 0. The van der Waals surface area contributed by atoms with Gasteiger partial charge in [0.2, 0.25) is 15.9 Å². The molecule has 1 heterocycles. The van der Waals surface area contributed by atoms with Crippen LogP contribution in [0.4, 0.5) is 0 Å². The van der Waals surface area contributed by atoms with Crippen LogP contribution in [-0.4, -0.2) is 55.0 Å². The minimum atomic E-state index is -3.19. The lowest BCUT2D eigenvalue weighted by Crippen LogP contribution is -2.61. The summed E-state index contributed by atoms with van der Waals surface area (Å²) in [5.74, 6) is -0.00349. The number of nitrogens with zero attached hydrogens (tertiary/aromatic N) is 2. The minimum Gasteiger partial charge on any atom is -0.340 e. The van der Waals surface area contributed by atoms with Gasteiger partial charge in [0.05, 0.1) is 6.26 Å². The van der Waals surface area contributed by atoms with E-state index < -0.39 is 15.6 Å². The molecular weight excluding hydrogens is 216 g/mol. The summed E-state index contributed by atoms with van der Waals surface area (Å²) in [6, 6.07) is 0. The molecule has 0 aliphatic carbocycles. The van der Waals surface area contributed by atoms with Crippen LogP contribution >= 0.6 is 0 Å². The summed E-state index contributed by atoms with van der Waals surface area (Å²) in [6.45, 7) is 6.49. The number of rotatable bonds is 1. The fraction of sp³-hybridized carbons (Fsp3) is 0.889. The van der Waals surface area contributed by atoms with Gasteiger partial charge in [-0.3, -0.25) is 4.79 Å². The SMILES string of the molecule is CC(=O)N1CCN(S(C)(=O)=O)C(C)(C)C1. The summed E-state index contributed by atoms with van der Waals surface area (Å²) < 4.78 is 24.5. The first-order chi connectivity index (χ1) is 6.64. The zero-order valence-corrected chi connectivity index (χ0v) is 10.5. The van der Waals surface area contributed by atoms with E-state index in [0.717, 1.165) is 0 Å². The molecule has 1 fully saturated rings. The normalized spacial score (nSPS) is 22.8. The van der Waals surface area contributed by atoms with Gasteiger partial charge >= 0.3 is 0 Å². The molecule has 0 unspecified atom stereocenters. The molecule has 5 nitrogen and oxygen atoms in total. The van der Waals surface area contributed by atoms with Crippen LogP contribution in [0.1, 0.15) is 20.8 Å². The number of sulfonamides is 1. The lowest BCUT2D eigenvalue weighted by molar-refractivity contribution is -0.132. The van der Waals surface area contributed by atoms with Gasteiger partial charge in [-0.2, -0.15) is 4.31 Å². The lowest BCUT2D eigenvalue weighted by atomic mass is 10.0. The van der Waals surface area contributed by atoms with Crippen LogP contribution in [0.15, 0.2) is 0 Å². The van der Waals surface area contributed by atoms with Crippen molar-refractivity contribution < 1.29 is 13.2 Å². The van der Waals surface area contributed by atoms with Crippen LogP contribution in [0, 0.1) is 0 Å². The number of carbonyl (C=O) groups excluding carboxylic acids is 1. The Kier molecular flexibility index (Phi) is 3.11. The number of hydrogen-bond donors (Lipinski definition) is 0. The van der Waals surface area contributed by atoms with Crippen molar-refractivity contribution in [2.75, 3.05) is 25.9 Å². The molecule has 0 radical (unpaired) electrons. The van der Waals surface area contributed by atoms with Gasteiger partial charge in [0.15, 0.2) is 0 Å². The van der Waals surface area contributed by atoms with Gasteiger partial charge in [0.25, 0.3) is 0 Å². The van der Waals surface area contributed by atoms with Crippen molar-refractivity contribution in [2.24, 2.45) is 0 Å². The number of amides is 1. The van der Waals surface area contributed by atoms with E-state index in [1.807, 2.05) is 13.8 Å². The number of carbonyl (C=O) groups is 1. The smallest absolute Gasteiger partial charge is 0.219 e. The lowest BCUT2D eigenvalue weighted by Gasteiger charge is -2.45. The Hall–Kier alpha value is -0.620.